The number of Topliss-reactive ketones (excluding diaryl/α,β-unsaturated/α-hetero) is 1. The molecule has 0 aromatic rings. The fraction of sp³-hybridized carbons (Fsp3) is 0.625. The van der Waals surface area contributed by atoms with Crippen LogP contribution in [0.15, 0.2) is 12.3 Å². The number of unbranched alkanes of at least 4 members (excludes halogenated alkanes) is 1. The van der Waals surface area contributed by atoms with E-state index < -0.39 is 0 Å². The summed E-state index contributed by atoms with van der Waals surface area (Å²) < 4.78 is 4.68. The molecule has 0 radical (unpaired) electrons. The van der Waals surface area contributed by atoms with Crippen LogP contribution in [0.25, 0.3) is 0 Å². The lowest BCUT2D eigenvalue weighted by molar-refractivity contribution is -0.117. The maximum absolute atomic E-state index is 10.4. The Labute approximate surface area is 61.9 Å². The second-order valence-corrected chi connectivity index (χ2v) is 2.20. The van der Waals surface area contributed by atoms with E-state index in [0.717, 1.165) is 12.8 Å². The lowest BCUT2D eigenvalue weighted by Gasteiger charge is -1.90. The number of hydrogen-bond donors (Lipinski definition) is 0. The largest absolute Gasteiger partial charge is 0.505 e. The predicted molar refractivity (Wildman–Crippen MR) is 40.7 cm³/mol. The van der Waals surface area contributed by atoms with E-state index in [9.17, 15) is 4.79 Å². The van der Waals surface area contributed by atoms with Crippen LogP contribution in [0, 0.1) is 0 Å². The molecule has 0 aromatic carbocycles. The van der Waals surface area contributed by atoms with E-state index in [1.807, 2.05) is 6.08 Å². The molecule has 0 amide bonds. The molecule has 0 atom stereocenters. The first-order valence-electron chi connectivity index (χ1n) is 3.44. The van der Waals surface area contributed by atoms with Crippen molar-refractivity contribution >= 4 is 5.78 Å². The van der Waals surface area contributed by atoms with Gasteiger partial charge in [0.25, 0.3) is 0 Å². The Kier molecular flexibility index (Phi) is 5.83. The van der Waals surface area contributed by atoms with Gasteiger partial charge < -0.3 is 9.53 Å². The van der Waals surface area contributed by atoms with E-state index >= 15 is 0 Å². The van der Waals surface area contributed by atoms with Gasteiger partial charge in [-0.15, -0.1) is 0 Å². The third kappa shape index (κ3) is 7.21. The van der Waals surface area contributed by atoms with Gasteiger partial charge in [0.1, 0.15) is 5.78 Å². The first-order chi connectivity index (χ1) is 4.77. The molecule has 0 aliphatic carbocycles. The first-order valence-corrected chi connectivity index (χ1v) is 3.44. The molecule has 0 unspecified atom stereocenters. The van der Waals surface area contributed by atoms with E-state index in [0.29, 0.717) is 6.42 Å². The van der Waals surface area contributed by atoms with Gasteiger partial charge in [0.05, 0.1) is 13.4 Å². The van der Waals surface area contributed by atoms with Crippen LogP contribution in [-0.2, 0) is 9.53 Å². The third-order valence-corrected chi connectivity index (χ3v) is 1.13. The van der Waals surface area contributed by atoms with E-state index in [2.05, 4.69) is 4.74 Å². The van der Waals surface area contributed by atoms with Gasteiger partial charge in [-0.3, -0.25) is 0 Å². The van der Waals surface area contributed by atoms with E-state index in [1.54, 1.807) is 20.3 Å². The lowest BCUT2D eigenvalue weighted by Crippen LogP contribution is -1.87. The number of carbonyl (C=O) groups is 1. The van der Waals surface area contributed by atoms with Gasteiger partial charge in [0.15, 0.2) is 0 Å². The minimum absolute atomic E-state index is 0.255. The molecule has 0 aliphatic heterocycles. The monoisotopic (exact) mass is 142 g/mol. The van der Waals surface area contributed by atoms with Crippen molar-refractivity contribution in [3.8, 4) is 0 Å². The molecule has 0 N–H and O–H groups in total. The second kappa shape index (κ2) is 6.33. The maximum atomic E-state index is 10.4. The van der Waals surface area contributed by atoms with E-state index in [4.69, 9.17) is 0 Å². The van der Waals surface area contributed by atoms with Gasteiger partial charge in [0.2, 0.25) is 0 Å². The van der Waals surface area contributed by atoms with Gasteiger partial charge >= 0.3 is 0 Å². The molecule has 0 saturated heterocycles. The van der Waals surface area contributed by atoms with Crippen molar-refractivity contribution in [1.82, 2.24) is 0 Å². The fourth-order valence-electron chi connectivity index (χ4n) is 0.633. The molecule has 58 valence electrons. The number of hydrogen-bond acceptors (Lipinski definition) is 2. The van der Waals surface area contributed by atoms with Crippen molar-refractivity contribution in [2.24, 2.45) is 0 Å². The highest BCUT2D eigenvalue weighted by Crippen LogP contribution is 1.96. The topological polar surface area (TPSA) is 26.3 Å². The van der Waals surface area contributed by atoms with Crippen LogP contribution in [0.5, 0.6) is 0 Å². The average Bonchev–Trinajstić information content (AvgIpc) is 1.87. The summed E-state index contributed by atoms with van der Waals surface area (Å²) in [5, 5.41) is 0. The molecule has 0 fully saturated rings. The van der Waals surface area contributed by atoms with E-state index in [-0.39, 0.29) is 5.78 Å². The highest BCUT2D eigenvalue weighted by molar-refractivity contribution is 5.75. The smallest absolute Gasteiger partial charge is 0.129 e. The Balaban J connectivity index is 3.05. The van der Waals surface area contributed by atoms with Gasteiger partial charge in [-0.25, -0.2) is 0 Å². The number of ether oxygens (including phenoxy) is 1. The zero-order valence-electron chi connectivity index (χ0n) is 6.59. The molecule has 0 bridgehead atoms. The summed E-state index contributed by atoms with van der Waals surface area (Å²) in [4.78, 5) is 10.4. The molecule has 2 nitrogen and oxygen atoms in total. The summed E-state index contributed by atoms with van der Waals surface area (Å²) in [6.07, 6.45) is 6.08. The number of carbonyl (C=O) groups excluding carboxylic acids is 1. The molecule has 0 rings (SSSR count). The Bertz CT molecular complexity index is 116. The highest BCUT2D eigenvalue weighted by Gasteiger charge is 1.89. The summed E-state index contributed by atoms with van der Waals surface area (Å²) in [6.45, 7) is 1.61. The maximum Gasteiger partial charge on any atom is 0.129 e. The summed E-state index contributed by atoms with van der Waals surface area (Å²) in [5.74, 6) is 0.255. The van der Waals surface area contributed by atoms with Crippen molar-refractivity contribution in [2.45, 2.75) is 26.2 Å². The Morgan fingerprint density at radius 2 is 2.30 bits per heavy atom. The van der Waals surface area contributed by atoms with Crippen LogP contribution < -0.4 is 0 Å². The number of methoxy groups -OCH3 is 1. The zero-order valence-corrected chi connectivity index (χ0v) is 6.59. The quantitative estimate of drug-likeness (QED) is 0.433. The molecular formula is C8H14O2. The molecular weight excluding hydrogens is 128 g/mol. The minimum Gasteiger partial charge on any atom is -0.505 e. The molecule has 0 heterocycles. The van der Waals surface area contributed by atoms with Gasteiger partial charge in [-0.2, -0.15) is 0 Å². The normalized spacial score (nSPS) is 10.2. The first kappa shape index (κ1) is 9.21. The van der Waals surface area contributed by atoms with Crippen molar-refractivity contribution in [1.29, 1.82) is 0 Å². The highest BCUT2D eigenvalue weighted by atomic mass is 16.5. The summed E-state index contributed by atoms with van der Waals surface area (Å²) in [5.41, 5.74) is 0. The number of rotatable bonds is 5. The fourth-order valence-corrected chi connectivity index (χ4v) is 0.633. The Hall–Kier alpha value is -0.790. The summed E-state index contributed by atoms with van der Waals surface area (Å²) in [6, 6.07) is 0. The van der Waals surface area contributed by atoms with Crippen LogP contribution >= 0.6 is 0 Å². The Morgan fingerprint density at radius 3 is 2.80 bits per heavy atom. The third-order valence-electron chi connectivity index (χ3n) is 1.13. The lowest BCUT2D eigenvalue weighted by atomic mass is 10.2. The number of ketones is 1. The van der Waals surface area contributed by atoms with Gasteiger partial charge in [0, 0.05) is 6.42 Å². The van der Waals surface area contributed by atoms with Crippen molar-refractivity contribution < 1.29 is 9.53 Å². The summed E-state index contributed by atoms with van der Waals surface area (Å²) in [7, 11) is 1.61. The SMILES string of the molecule is CO/C=C\CCCC(C)=O. The molecule has 0 saturated carbocycles. The van der Waals surface area contributed by atoms with Crippen LogP contribution in [0.3, 0.4) is 0 Å². The molecule has 0 spiro atoms. The van der Waals surface area contributed by atoms with Crippen LogP contribution in [0.1, 0.15) is 26.2 Å². The molecule has 2 heteroatoms. The van der Waals surface area contributed by atoms with Gasteiger partial charge in [-0.1, -0.05) is 0 Å². The van der Waals surface area contributed by atoms with Crippen molar-refractivity contribution in [3.05, 3.63) is 12.3 Å². The second-order valence-electron chi connectivity index (χ2n) is 2.20. The van der Waals surface area contributed by atoms with E-state index in [1.165, 1.54) is 0 Å². The number of allylic oxidation sites excluding steroid dienone is 1. The van der Waals surface area contributed by atoms with Crippen LogP contribution in [-0.4, -0.2) is 12.9 Å². The van der Waals surface area contributed by atoms with Crippen molar-refractivity contribution in [3.63, 3.8) is 0 Å². The predicted octanol–water partition coefficient (Wildman–Crippen LogP) is 1.91. The molecule has 0 aromatic heterocycles. The summed E-state index contributed by atoms with van der Waals surface area (Å²) >= 11 is 0. The Morgan fingerprint density at radius 1 is 1.60 bits per heavy atom. The van der Waals surface area contributed by atoms with Crippen LogP contribution in [0.4, 0.5) is 0 Å². The molecule has 10 heavy (non-hydrogen) atoms. The molecule has 0 aliphatic rings. The standard InChI is InChI=1S/C8H14O2/c1-8(9)6-4-3-5-7-10-2/h5,7H,3-4,6H2,1-2H3/b7-5-. The van der Waals surface area contributed by atoms with Gasteiger partial charge in [-0.05, 0) is 25.8 Å². The zero-order chi connectivity index (χ0) is 7.82. The van der Waals surface area contributed by atoms with Crippen molar-refractivity contribution in [2.75, 3.05) is 7.11 Å². The minimum atomic E-state index is 0.255. The van der Waals surface area contributed by atoms with Crippen LogP contribution in [0.2, 0.25) is 0 Å². The average molecular weight is 142 g/mol.